The van der Waals surface area contributed by atoms with E-state index in [4.69, 9.17) is 0 Å². The van der Waals surface area contributed by atoms with Gasteiger partial charge in [-0.2, -0.15) is 4.39 Å². The molecule has 0 heterocycles. The van der Waals surface area contributed by atoms with Gasteiger partial charge in [0.25, 0.3) is 0 Å². The molecule has 128 valence electrons. The van der Waals surface area contributed by atoms with Gasteiger partial charge in [0.05, 0.1) is 0 Å². The summed E-state index contributed by atoms with van der Waals surface area (Å²) in [6.07, 6.45) is 1.71. The van der Waals surface area contributed by atoms with E-state index in [0.717, 1.165) is 0 Å². The Hall–Kier alpha value is -2.05. The molecule has 1 rings (SSSR count). The number of unbranched alkanes of at least 4 members (excludes halogenated alkanes) is 2. The fourth-order valence-electron chi connectivity index (χ4n) is 1.95. The summed E-state index contributed by atoms with van der Waals surface area (Å²) in [5, 5.41) is 2.61. The number of benzene rings is 1. The van der Waals surface area contributed by atoms with Crippen LogP contribution in [0.5, 0.6) is 5.75 Å². The van der Waals surface area contributed by atoms with Crippen LogP contribution in [0.25, 0.3) is 0 Å². The fourth-order valence-corrected chi connectivity index (χ4v) is 1.95. The molecule has 0 unspecified atom stereocenters. The molecule has 0 saturated heterocycles. The summed E-state index contributed by atoms with van der Waals surface area (Å²) < 4.78 is 45.8. The Morgan fingerprint density at radius 1 is 0.957 bits per heavy atom. The third-order valence-corrected chi connectivity index (χ3v) is 3.46. The van der Waals surface area contributed by atoms with Gasteiger partial charge in [0.15, 0.2) is 11.6 Å². The number of nitrogens with one attached hydrogen (secondary N) is 1. The van der Waals surface area contributed by atoms with Crippen LogP contribution in [-0.4, -0.2) is 18.4 Å². The van der Waals surface area contributed by atoms with E-state index < -0.39 is 29.2 Å². The third kappa shape index (κ3) is 5.26. The number of amides is 1. The van der Waals surface area contributed by atoms with Gasteiger partial charge in [0.1, 0.15) is 0 Å². The van der Waals surface area contributed by atoms with Crippen molar-refractivity contribution in [2.45, 2.75) is 46.5 Å². The van der Waals surface area contributed by atoms with Gasteiger partial charge < -0.3 is 10.1 Å². The van der Waals surface area contributed by atoms with Gasteiger partial charge in [-0.15, -0.1) is 0 Å². The first kappa shape index (κ1) is 19.0. The maximum absolute atomic E-state index is 13.9. The minimum Gasteiger partial charge on any atom is -0.420 e. The van der Waals surface area contributed by atoms with Crippen LogP contribution in [0, 0.1) is 31.3 Å². The highest BCUT2D eigenvalue weighted by Crippen LogP contribution is 2.30. The molecule has 0 radical (unpaired) electrons. The average molecular weight is 331 g/mol. The van der Waals surface area contributed by atoms with Crippen LogP contribution in [0.15, 0.2) is 0 Å². The Morgan fingerprint density at radius 2 is 1.57 bits per heavy atom. The van der Waals surface area contributed by atoms with Gasteiger partial charge in [0, 0.05) is 19.9 Å². The van der Waals surface area contributed by atoms with Crippen molar-refractivity contribution in [2.24, 2.45) is 0 Å². The maximum Gasteiger partial charge on any atom is 0.311 e. The lowest BCUT2D eigenvalue weighted by Crippen LogP contribution is -2.20. The van der Waals surface area contributed by atoms with Crippen LogP contribution in [0.4, 0.5) is 13.2 Å². The summed E-state index contributed by atoms with van der Waals surface area (Å²) in [6.45, 7) is 4.43. The summed E-state index contributed by atoms with van der Waals surface area (Å²) in [5.74, 6) is -5.74. The minimum atomic E-state index is -1.50. The summed E-state index contributed by atoms with van der Waals surface area (Å²) in [5.41, 5.74) is -0.250. The predicted molar refractivity (Wildman–Crippen MR) is 78.6 cm³/mol. The zero-order chi connectivity index (χ0) is 17.6. The molecule has 1 N–H and O–H groups in total. The molecule has 0 aliphatic heterocycles. The molecular formula is C16H20F3NO3. The Kier molecular flexibility index (Phi) is 7.06. The van der Waals surface area contributed by atoms with Crippen LogP contribution in [0.1, 0.15) is 43.7 Å². The lowest BCUT2D eigenvalue weighted by Gasteiger charge is -2.11. The Labute approximate surface area is 133 Å². The highest BCUT2D eigenvalue weighted by Gasteiger charge is 2.23. The van der Waals surface area contributed by atoms with E-state index in [-0.39, 0.29) is 23.5 Å². The molecule has 7 heteroatoms. The number of carbonyl (C=O) groups excluding carboxylic acids is 2. The SMILES string of the molecule is CC(=O)NCCCCCC(=O)Oc1c(F)c(C)c(C)c(F)c1F. The largest absolute Gasteiger partial charge is 0.420 e. The Balaban J connectivity index is 2.54. The summed E-state index contributed by atoms with van der Waals surface area (Å²) in [4.78, 5) is 22.3. The third-order valence-electron chi connectivity index (χ3n) is 3.46. The number of esters is 1. The van der Waals surface area contributed by atoms with E-state index in [1.54, 1.807) is 0 Å². The van der Waals surface area contributed by atoms with Crippen molar-refractivity contribution < 1.29 is 27.5 Å². The Bertz CT molecular complexity index is 574. The molecule has 23 heavy (non-hydrogen) atoms. The average Bonchev–Trinajstić information content (AvgIpc) is 2.50. The molecule has 0 aliphatic rings. The van der Waals surface area contributed by atoms with Gasteiger partial charge in [0.2, 0.25) is 17.5 Å². The van der Waals surface area contributed by atoms with Crippen molar-refractivity contribution >= 4 is 11.9 Å². The molecule has 0 spiro atoms. The number of halogens is 3. The van der Waals surface area contributed by atoms with Crippen LogP contribution < -0.4 is 10.1 Å². The predicted octanol–water partition coefficient (Wildman–Crippen LogP) is 3.32. The van der Waals surface area contributed by atoms with Crippen molar-refractivity contribution in [1.82, 2.24) is 5.32 Å². The molecule has 1 aromatic carbocycles. The van der Waals surface area contributed by atoms with Crippen LogP contribution in [0.2, 0.25) is 0 Å². The van der Waals surface area contributed by atoms with Crippen molar-refractivity contribution in [3.63, 3.8) is 0 Å². The van der Waals surface area contributed by atoms with E-state index >= 15 is 0 Å². The molecule has 1 amide bonds. The standard InChI is InChI=1S/C16H20F3NO3/c1-9-10(2)14(18)16(15(19)13(9)17)23-12(22)7-5-4-6-8-20-11(3)21/h4-8H2,1-3H3,(H,20,21). The molecule has 0 aliphatic carbocycles. The first-order valence-corrected chi connectivity index (χ1v) is 7.34. The van der Waals surface area contributed by atoms with Gasteiger partial charge in [-0.1, -0.05) is 6.42 Å². The number of ether oxygens (including phenoxy) is 1. The number of rotatable bonds is 7. The molecule has 0 fully saturated rings. The van der Waals surface area contributed by atoms with Crippen molar-refractivity contribution in [1.29, 1.82) is 0 Å². The smallest absolute Gasteiger partial charge is 0.311 e. The normalized spacial score (nSPS) is 10.5. The first-order valence-electron chi connectivity index (χ1n) is 7.34. The first-order chi connectivity index (χ1) is 10.8. The van der Waals surface area contributed by atoms with Gasteiger partial charge in [-0.25, -0.2) is 8.78 Å². The van der Waals surface area contributed by atoms with E-state index in [1.165, 1.54) is 20.8 Å². The lowest BCUT2D eigenvalue weighted by atomic mass is 10.1. The number of hydrogen-bond acceptors (Lipinski definition) is 3. The second kappa shape index (κ2) is 8.55. The summed E-state index contributed by atoms with van der Waals surface area (Å²) in [6, 6.07) is 0. The van der Waals surface area contributed by atoms with E-state index in [9.17, 15) is 22.8 Å². The second-order valence-corrected chi connectivity index (χ2v) is 5.29. The molecule has 4 nitrogen and oxygen atoms in total. The van der Waals surface area contributed by atoms with Gasteiger partial charge in [-0.3, -0.25) is 9.59 Å². The molecule has 0 atom stereocenters. The highest BCUT2D eigenvalue weighted by atomic mass is 19.2. The van der Waals surface area contributed by atoms with Crippen LogP contribution in [-0.2, 0) is 9.59 Å². The van der Waals surface area contributed by atoms with Crippen LogP contribution >= 0.6 is 0 Å². The fraction of sp³-hybridized carbons (Fsp3) is 0.500. The van der Waals surface area contributed by atoms with Gasteiger partial charge in [-0.05, 0) is 37.8 Å². The van der Waals surface area contributed by atoms with E-state index in [1.807, 2.05) is 0 Å². The van der Waals surface area contributed by atoms with Gasteiger partial charge >= 0.3 is 5.97 Å². The topological polar surface area (TPSA) is 55.4 Å². The number of carbonyl (C=O) groups is 2. The van der Waals surface area contributed by atoms with Crippen molar-refractivity contribution in [3.8, 4) is 5.75 Å². The number of hydrogen-bond donors (Lipinski definition) is 1. The summed E-state index contributed by atoms with van der Waals surface area (Å²) in [7, 11) is 0. The van der Waals surface area contributed by atoms with Crippen molar-refractivity contribution in [2.75, 3.05) is 6.54 Å². The minimum absolute atomic E-state index is 0.0481. The maximum atomic E-state index is 13.9. The van der Waals surface area contributed by atoms with Crippen LogP contribution in [0.3, 0.4) is 0 Å². The second-order valence-electron chi connectivity index (χ2n) is 5.29. The monoisotopic (exact) mass is 331 g/mol. The lowest BCUT2D eigenvalue weighted by molar-refractivity contribution is -0.135. The molecule has 1 aromatic rings. The Morgan fingerprint density at radius 3 is 2.17 bits per heavy atom. The molecule has 0 saturated carbocycles. The quantitative estimate of drug-likeness (QED) is 0.361. The molecule has 0 aromatic heterocycles. The van der Waals surface area contributed by atoms with Crippen molar-refractivity contribution in [3.05, 3.63) is 28.6 Å². The molecular weight excluding hydrogens is 311 g/mol. The molecule has 0 bridgehead atoms. The van der Waals surface area contributed by atoms with E-state index in [2.05, 4.69) is 10.1 Å². The van der Waals surface area contributed by atoms with E-state index in [0.29, 0.717) is 25.8 Å². The summed E-state index contributed by atoms with van der Waals surface area (Å²) >= 11 is 0. The highest BCUT2D eigenvalue weighted by molar-refractivity contribution is 5.73. The zero-order valence-electron chi connectivity index (χ0n) is 13.4. The zero-order valence-corrected chi connectivity index (χ0v) is 13.4.